The zero-order valence-corrected chi connectivity index (χ0v) is 3.72. The summed E-state index contributed by atoms with van der Waals surface area (Å²) in [4.78, 5) is 17.1. The number of hydrogen-bond acceptors (Lipinski definition) is 2. The van der Waals surface area contributed by atoms with Gasteiger partial charge in [-0.3, -0.25) is 9.59 Å². The van der Waals surface area contributed by atoms with E-state index in [9.17, 15) is 4.39 Å². The van der Waals surface area contributed by atoms with Crippen LogP contribution >= 0.6 is 0 Å². The second-order valence-electron chi connectivity index (χ2n) is 0.576. The Morgan fingerprint density at radius 2 is 1.86 bits per heavy atom. The second kappa shape index (κ2) is 8.91. The Morgan fingerprint density at radius 1 is 1.86 bits per heavy atom. The molecule has 0 saturated carbocycles. The van der Waals surface area contributed by atoms with Crippen LogP contribution in [0.25, 0.3) is 0 Å². The van der Waals surface area contributed by atoms with Crippen LogP contribution in [0.1, 0.15) is 6.92 Å². The molecule has 0 atom stereocenters. The molecule has 0 aliphatic rings. The van der Waals surface area contributed by atoms with E-state index in [1.165, 1.54) is 0 Å². The fourth-order valence-corrected chi connectivity index (χ4v) is 0. The Kier molecular flexibility index (Phi) is 12.0. The van der Waals surface area contributed by atoms with Crippen LogP contribution in [0.2, 0.25) is 0 Å². The van der Waals surface area contributed by atoms with Crippen LogP contribution in [0.3, 0.4) is 0 Å². The number of carbonyl (C=O) groups excluding carboxylic acids is 1. The molecule has 0 aromatic carbocycles. The van der Waals surface area contributed by atoms with Crippen LogP contribution in [-0.2, 0) is 9.59 Å². The molecule has 0 spiro atoms. The third-order valence-electron chi connectivity index (χ3n) is 0. The number of rotatable bonds is 0. The molecule has 4 heteroatoms. The highest BCUT2D eigenvalue weighted by Crippen LogP contribution is 1.58. The van der Waals surface area contributed by atoms with Gasteiger partial charge in [-0.15, -0.1) is 0 Å². The molecule has 0 aliphatic heterocycles. The molecule has 3 nitrogen and oxygen atoms in total. The van der Waals surface area contributed by atoms with Crippen molar-refractivity contribution in [3.63, 3.8) is 0 Å². The molecule has 0 saturated heterocycles. The molecule has 0 rings (SSSR count). The van der Waals surface area contributed by atoms with Crippen LogP contribution in [0, 0.1) is 0 Å². The van der Waals surface area contributed by atoms with Gasteiger partial charge in [-0.25, -0.2) is 0 Å². The first-order valence-corrected chi connectivity index (χ1v) is 1.39. The number of carbonyl (C=O) groups is 2. The van der Waals surface area contributed by atoms with E-state index >= 15 is 0 Å². The maximum absolute atomic E-state index is 10.4. The predicted octanol–water partition coefficient (Wildman–Crippen LogP) is 0.203. The van der Waals surface area contributed by atoms with Crippen molar-refractivity contribution in [2.45, 2.75) is 6.92 Å². The molecular formula is C3H5FO3. The Balaban J connectivity index is 0. The summed E-state index contributed by atoms with van der Waals surface area (Å²) < 4.78 is 10.4. The summed E-state index contributed by atoms with van der Waals surface area (Å²) in [7, 11) is 0. The lowest BCUT2D eigenvalue weighted by molar-refractivity contribution is -0.127. The van der Waals surface area contributed by atoms with Gasteiger partial charge in [-0.05, 0) is 0 Å². The van der Waals surface area contributed by atoms with Crippen LogP contribution < -0.4 is 0 Å². The number of halogens is 1. The van der Waals surface area contributed by atoms with Gasteiger partial charge in [0.1, 0.15) is 0 Å². The topological polar surface area (TPSA) is 54.4 Å². The lowest BCUT2D eigenvalue weighted by Crippen LogP contribution is -1.65. The van der Waals surface area contributed by atoms with E-state index in [-0.39, 0.29) is 6.47 Å². The molecule has 0 aromatic heterocycles. The first-order chi connectivity index (χ1) is 3.15. The van der Waals surface area contributed by atoms with Gasteiger partial charge in [0.2, 0.25) is 0 Å². The van der Waals surface area contributed by atoms with Gasteiger partial charge < -0.3 is 5.11 Å². The Bertz CT molecular complexity index is 57.2. The fraction of sp³-hybridized carbons (Fsp3) is 0.333. The zero-order valence-electron chi connectivity index (χ0n) is 3.72. The van der Waals surface area contributed by atoms with Crippen molar-refractivity contribution in [3.8, 4) is 0 Å². The molecule has 0 amide bonds. The van der Waals surface area contributed by atoms with Crippen LogP contribution in [-0.4, -0.2) is 17.6 Å². The minimum Gasteiger partial charge on any atom is -0.483 e. The van der Waals surface area contributed by atoms with Gasteiger partial charge in [0.15, 0.2) is 0 Å². The average molecular weight is 108 g/mol. The summed E-state index contributed by atoms with van der Waals surface area (Å²) in [6.07, 6.45) is 0. The maximum atomic E-state index is 10.4. The standard InChI is InChI=1S/C2H3FO.CH2O2/c1-2(3)4;2-1-3/h1H3;1H,(H,2,3). The molecule has 0 heterocycles. The fourth-order valence-electron chi connectivity index (χ4n) is 0. The van der Waals surface area contributed by atoms with Gasteiger partial charge in [0, 0.05) is 6.92 Å². The van der Waals surface area contributed by atoms with Crippen molar-refractivity contribution < 1.29 is 19.1 Å². The maximum Gasteiger partial charge on any atom is 0.298 e. The van der Waals surface area contributed by atoms with E-state index in [0.29, 0.717) is 0 Å². The predicted molar refractivity (Wildman–Crippen MR) is 20.5 cm³/mol. The molecule has 0 aromatic rings. The van der Waals surface area contributed by atoms with Gasteiger partial charge >= 0.3 is 0 Å². The number of hydrogen-bond donors (Lipinski definition) is 1. The quantitative estimate of drug-likeness (QED) is 0.356. The Labute approximate surface area is 39.8 Å². The molecule has 0 bridgehead atoms. The Morgan fingerprint density at radius 3 is 1.86 bits per heavy atom. The van der Waals surface area contributed by atoms with E-state index in [1.54, 1.807) is 0 Å². The SMILES string of the molecule is CC(=O)F.O=CO. The summed E-state index contributed by atoms with van der Waals surface area (Å²) >= 11 is 0. The van der Waals surface area contributed by atoms with Crippen molar-refractivity contribution in [3.05, 3.63) is 0 Å². The largest absolute Gasteiger partial charge is 0.483 e. The van der Waals surface area contributed by atoms with Crippen LogP contribution in [0.15, 0.2) is 0 Å². The highest BCUT2D eigenvalue weighted by Gasteiger charge is 1.69. The highest BCUT2D eigenvalue weighted by atomic mass is 19.1. The van der Waals surface area contributed by atoms with Gasteiger partial charge in [-0.1, -0.05) is 0 Å². The molecule has 0 fully saturated rings. The van der Waals surface area contributed by atoms with Crippen LogP contribution in [0.5, 0.6) is 0 Å². The van der Waals surface area contributed by atoms with Gasteiger partial charge in [0.05, 0.1) is 0 Å². The van der Waals surface area contributed by atoms with Gasteiger partial charge in [0.25, 0.3) is 12.5 Å². The van der Waals surface area contributed by atoms with E-state index in [0.717, 1.165) is 6.92 Å². The van der Waals surface area contributed by atoms with E-state index in [2.05, 4.69) is 0 Å². The monoisotopic (exact) mass is 108 g/mol. The first kappa shape index (κ1) is 9.42. The minimum atomic E-state index is -1.33. The third kappa shape index (κ3) is 55.2. The summed E-state index contributed by atoms with van der Waals surface area (Å²) in [6, 6.07) is -1.33. The number of carboxylic acid groups (broad SMARTS) is 1. The van der Waals surface area contributed by atoms with E-state index in [1.807, 2.05) is 0 Å². The van der Waals surface area contributed by atoms with Crippen molar-refractivity contribution in [1.82, 2.24) is 0 Å². The van der Waals surface area contributed by atoms with Crippen molar-refractivity contribution >= 4 is 12.5 Å². The average Bonchev–Trinajstić information content (AvgIpc) is 1.33. The van der Waals surface area contributed by atoms with Crippen molar-refractivity contribution in [1.29, 1.82) is 0 Å². The summed E-state index contributed by atoms with van der Waals surface area (Å²) in [5, 5.41) is 6.89. The molecule has 0 radical (unpaired) electrons. The minimum absolute atomic E-state index is 0.250. The molecule has 0 unspecified atom stereocenters. The molecule has 42 valence electrons. The normalized spacial score (nSPS) is 5.43. The first-order valence-electron chi connectivity index (χ1n) is 1.39. The highest BCUT2D eigenvalue weighted by molar-refractivity contribution is 5.64. The summed E-state index contributed by atoms with van der Waals surface area (Å²) in [5.74, 6) is 0. The van der Waals surface area contributed by atoms with Crippen molar-refractivity contribution in [2.75, 3.05) is 0 Å². The van der Waals surface area contributed by atoms with E-state index < -0.39 is 6.04 Å². The van der Waals surface area contributed by atoms with Gasteiger partial charge in [-0.2, -0.15) is 4.39 Å². The van der Waals surface area contributed by atoms with Crippen molar-refractivity contribution in [2.24, 2.45) is 0 Å². The molecule has 7 heavy (non-hydrogen) atoms. The molecular weight excluding hydrogens is 103 g/mol. The molecule has 0 aliphatic carbocycles. The lowest BCUT2D eigenvalue weighted by Gasteiger charge is -1.50. The van der Waals surface area contributed by atoms with Crippen LogP contribution in [0.4, 0.5) is 4.39 Å². The second-order valence-corrected chi connectivity index (χ2v) is 0.576. The summed E-state index contributed by atoms with van der Waals surface area (Å²) in [5.41, 5.74) is 0. The molecule has 1 N–H and O–H groups in total. The third-order valence-corrected chi connectivity index (χ3v) is 0. The summed E-state index contributed by atoms with van der Waals surface area (Å²) in [6.45, 7) is 0.611. The zero-order chi connectivity index (χ0) is 6.28. The lowest BCUT2D eigenvalue weighted by atomic mass is 10.9. The smallest absolute Gasteiger partial charge is 0.298 e. The van der Waals surface area contributed by atoms with E-state index in [4.69, 9.17) is 14.7 Å². The Hall–Kier alpha value is -0.930.